The molecule has 0 N–H and O–H groups in total. The van der Waals surface area contributed by atoms with Crippen LogP contribution in [0.5, 0.6) is 0 Å². The number of hydrogen-bond donors (Lipinski definition) is 0. The summed E-state index contributed by atoms with van der Waals surface area (Å²) >= 11 is 1.31. The van der Waals surface area contributed by atoms with Crippen LogP contribution in [0.4, 0.5) is 5.69 Å². The van der Waals surface area contributed by atoms with Gasteiger partial charge in [-0.2, -0.15) is 4.68 Å². The van der Waals surface area contributed by atoms with Crippen molar-refractivity contribution >= 4 is 23.4 Å². The lowest BCUT2D eigenvalue weighted by molar-refractivity contribution is -0.384. The number of benzene rings is 1. The molecule has 1 aromatic heterocycles. The third kappa shape index (κ3) is 2.63. The molecule has 0 bridgehead atoms. The van der Waals surface area contributed by atoms with Gasteiger partial charge in [0.25, 0.3) is 5.69 Å². The second kappa shape index (κ2) is 5.19. The number of thioether (sulfide) groups is 1. The van der Waals surface area contributed by atoms with Crippen molar-refractivity contribution in [3.63, 3.8) is 0 Å². The van der Waals surface area contributed by atoms with Crippen molar-refractivity contribution in [2.24, 2.45) is 0 Å². The SMILES string of the molecule is CSc1nc(-c2ccc([N+](=O)[O-])cc2)nn1C(C)=O. The van der Waals surface area contributed by atoms with Gasteiger partial charge in [-0.3, -0.25) is 14.9 Å². The molecule has 0 aliphatic rings. The van der Waals surface area contributed by atoms with Crippen LogP contribution in [0, 0.1) is 10.1 Å². The highest BCUT2D eigenvalue weighted by molar-refractivity contribution is 7.98. The molecule has 0 spiro atoms. The molecule has 7 nitrogen and oxygen atoms in total. The van der Waals surface area contributed by atoms with Crippen LogP contribution in [0.1, 0.15) is 11.7 Å². The van der Waals surface area contributed by atoms with Crippen molar-refractivity contribution in [1.82, 2.24) is 14.8 Å². The fourth-order valence-electron chi connectivity index (χ4n) is 1.49. The molecule has 0 radical (unpaired) electrons. The number of hydrogen-bond acceptors (Lipinski definition) is 6. The molecule has 0 atom stereocenters. The Hall–Kier alpha value is -2.22. The molecular formula is C11H10N4O3S. The standard InChI is InChI=1S/C11H10N4O3S/c1-7(16)14-11(19-2)12-10(13-14)8-3-5-9(6-4-8)15(17)18/h3-6H,1-2H3. The molecule has 0 fully saturated rings. The quantitative estimate of drug-likeness (QED) is 0.485. The number of rotatable bonds is 3. The zero-order valence-electron chi connectivity index (χ0n) is 10.2. The van der Waals surface area contributed by atoms with E-state index in [9.17, 15) is 14.9 Å². The first-order valence-electron chi connectivity index (χ1n) is 5.29. The summed E-state index contributed by atoms with van der Waals surface area (Å²) in [6.45, 7) is 1.40. The van der Waals surface area contributed by atoms with E-state index in [4.69, 9.17) is 0 Å². The minimum Gasteiger partial charge on any atom is -0.273 e. The fourth-order valence-corrected chi connectivity index (χ4v) is 2.01. The van der Waals surface area contributed by atoms with Gasteiger partial charge >= 0.3 is 0 Å². The molecule has 8 heteroatoms. The van der Waals surface area contributed by atoms with E-state index in [1.165, 1.54) is 35.5 Å². The Morgan fingerprint density at radius 1 is 1.37 bits per heavy atom. The predicted octanol–water partition coefficient (Wildman–Crippen LogP) is 2.24. The fraction of sp³-hybridized carbons (Fsp3) is 0.182. The molecule has 0 amide bonds. The summed E-state index contributed by atoms with van der Waals surface area (Å²) in [5.74, 6) is 0.138. The lowest BCUT2D eigenvalue weighted by Crippen LogP contribution is -2.08. The molecular weight excluding hydrogens is 268 g/mol. The van der Waals surface area contributed by atoms with Gasteiger partial charge in [-0.25, -0.2) is 4.98 Å². The van der Waals surface area contributed by atoms with Crippen molar-refractivity contribution in [2.75, 3.05) is 6.26 Å². The van der Waals surface area contributed by atoms with Gasteiger partial charge in [0.1, 0.15) is 0 Å². The van der Waals surface area contributed by atoms with Gasteiger partial charge in [-0.15, -0.1) is 5.10 Å². The second-order valence-electron chi connectivity index (χ2n) is 3.66. The minimum absolute atomic E-state index is 0.000148. The maximum Gasteiger partial charge on any atom is 0.269 e. The van der Waals surface area contributed by atoms with Crippen molar-refractivity contribution in [2.45, 2.75) is 12.1 Å². The Kier molecular flexibility index (Phi) is 3.61. The normalized spacial score (nSPS) is 10.4. The van der Waals surface area contributed by atoms with E-state index in [0.29, 0.717) is 16.5 Å². The Bertz CT molecular complexity index is 636. The highest BCUT2D eigenvalue weighted by Gasteiger charge is 2.14. The van der Waals surface area contributed by atoms with Crippen molar-refractivity contribution in [3.8, 4) is 11.4 Å². The topological polar surface area (TPSA) is 90.9 Å². The Morgan fingerprint density at radius 3 is 2.42 bits per heavy atom. The summed E-state index contributed by atoms with van der Waals surface area (Å²) in [5.41, 5.74) is 0.626. The van der Waals surface area contributed by atoms with Gasteiger partial charge in [0.05, 0.1) is 4.92 Å². The largest absolute Gasteiger partial charge is 0.273 e. The number of carbonyl (C=O) groups is 1. The second-order valence-corrected chi connectivity index (χ2v) is 4.43. The highest BCUT2D eigenvalue weighted by atomic mass is 32.2. The molecule has 98 valence electrons. The van der Waals surface area contributed by atoms with E-state index in [2.05, 4.69) is 10.1 Å². The maximum atomic E-state index is 11.4. The van der Waals surface area contributed by atoms with E-state index < -0.39 is 4.92 Å². The predicted molar refractivity (Wildman–Crippen MR) is 70.2 cm³/mol. The molecule has 2 aromatic rings. The lowest BCUT2D eigenvalue weighted by atomic mass is 10.2. The lowest BCUT2D eigenvalue weighted by Gasteiger charge is -1.95. The summed E-state index contributed by atoms with van der Waals surface area (Å²) in [4.78, 5) is 25.7. The number of carbonyl (C=O) groups excluding carboxylic acids is 1. The minimum atomic E-state index is -0.474. The summed E-state index contributed by atoms with van der Waals surface area (Å²) in [5, 5.41) is 15.1. The molecule has 1 heterocycles. The maximum absolute atomic E-state index is 11.4. The summed E-state index contributed by atoms with van der Waals surface area (Å²) in [7, 11) is 0. The zero-order chi connectivity index (χ0) is 14.0. The van der Waals surface area contributed by atoms with E-state index in [1.807, 2.05) is 0 Å². The first kappa shape index (κ1) is 13.2. The summed E-state index contributed by atoms with van der Waals surface area (Å²) in [6, 6.07) is 5.87. The molecule has 19 heavy (non-hydrogen) atoms. The summed E-state index contributed by atoms with van der Waals surface area (Å²) < 4.78 is 1.21. The number of nitrogens with zero attached hydrogens (tertiary/aromatic N) is 4. The van der Waals surface area contributed by atoms with Crippen LogP contribution in [0.3, 0.4) is 0 Å². The molecule has 0 aliphatic heterocycles. The van der Waals surface area contributed by atoms with Crippen molar-refractivity contribution in [3.05, 3.63) is 34.4 Å². The molecule has 0 saturated heterocycles. The number of nitro benzene ring substituents is 1. The molecule has 1 aromatic carbocycles. The van der Waals surface area contributed by atoms with Gasteiger partial charge in [0.15, 0.2) is 11.0 Å². The van der Waals surface area contributed by atoms with Gasteiger partial charge in [-0.05, 0) is 18.4 Å². The average molecular weight is 278 g/mol. The monoisotopic (exact) mass is 278 g/mol. The average Bonchev–Trinajstić information content (AvgIpc) is 2.83. The number of non-ortho nitro benzene ring substituents is 1. The van der Waals surface area contributed by atoms with Crippen molar-refractivity contribution in [1.29, 1.82) is 0 Å². The van der Waals surface area contributed by atoms with Crippen LogP contribution in [-0.4, -0.2) is 31.9 Å². The van der Waals surface area contributed by atoms with Gasteiger partial charge < -0.3 is 0 Å². The van der Waals surface area contributed by atoms with E-state index >= 15 is 0 Å². The molecule has 0 aliphatic carbocycles. The van der Waals surface area contributed by atoms with E-state index in [1.54, 1.807) is 18.4 Å². The van der Waals surface area contributed by atoms with Crippen LogP contribution in [0.2, 0.25) is 0 Å². The van der Waals surface area contributed by atoms with Gasteiger partial charge in [0, 0.05) is 24.6 Å². The van der Waals surface area contributed by atoms with Crippen molar-refractivity contribution < 1.29 is 9.72 Å². The van der Waals surface area contributed by atoms with E-state index in [0.717, 1.165) is 0 Å². The molecule has 0 unspecified atom stereocenters. The third-order valence-corrected chi connectivity index (χ3v) is 3.02. The Balaban J connectivity index is 2.41. The van der Waals surface area contributed by atoms with Crippen LogP contribution < -0.4 is 0 Å². The smallest absolute Gasteiger partial charge is 0.269 e. The summed E-state index contributed by atoms with van der Waals surface area (Å²) in [6.07, 6.45) is 1.79. The molecule has 0 saturated carbocycles. The zero-order valence-corrected chi connectivity index (χ0v) is 11.0. The van der Waals surface area contributed by atoms with Crippen LogP contribution in [0.15, 0.2) is 29.4 Å². The van der Waals surface area contributed by atoms with Crippen LogP contribution in [-0.2, 0) is 0 Å². The Labute approximate surface area is 112 Å². The van der Waals surface area contributed by atoms with Crippen LogP contribution >= 0.6 is 11.8 Å². The van der Waals surface area contributed by atoms with Gasteiger partial charge in [0.2, 0.25) is 5.91 Å². The number of nitro groups is 1. The Morgan fingerprint density at radius 2 is 2.00 bits per heavy atom. The first-order chi connectivity index (χ1) is 9.02. The van der Waals surface area contributed by atoms with Crippen LogP contribution in [0.25, 0.3) is 11.4 Å². The first-order valence-corrected chi connectivity index (χ1v) is 6.52. The van der Waals surface area contributed by atoms with E-state index in [-0.39, 0.29) is 11.6 Å². The highest BCUT2D eigenvalue weighted by Crippen LogP contribution is 2.22. The third-order valence-electron chi connectivity index (χ3n) is 2.39. The van der Waals surface area contributed by atoms with Gasteiger partial charge in [-0.1, -0.05) is 11.8 Å². The molecule has 2 rings (SSSR count). The number of aromatic nitrogens is 3.